The van der Waals surface area contributed by atoms with E-state index in [1.807, 2.05) is 0 Å². The number of hydrogen-bond acceptors (Lipinski definition) is 3. The molecular weight excluding hydrogens is 338 g/mol. The van der Waals surface area contributed by atoms with E-state index in [0.29, 0.717) is 12.1 Å². The molecule has 1 amide bonds. The second-order valence-electron chi connectivity index (χ2n) is 5.22. The van der Waals surface area contributed by atoms with E-state index >= 15 is 0 Å². The fraction of sp³-hybridized carbons (Fsp3) is 0.375. The molecule has 0 saturated heterocycles. The highest BCUT2D eigenvalue weighted by Gasteiger charge is 2.26. The maximum atomic E-state index is 13.8. The van der Waals surface area contributed by atoms with Gasteiger partial charge in [0.25, 0.3) is 0 Å². The van der Waals surface area contributed by atoms with Crippen molar-refractivity contribution in [3.63, 3.8) is 0 Å². The van der Waals surface area contributed by atoms with E-state index in [2.05, 4.69) is 10.4 Å². The Morgan fingerprint density at radius 3 is 2.46 bits per heavy atom. The van der Waals surface area contributed by atoms with Crippen molar-refractivity contribution in [3.8, 4) is 0 Å². The van der Waals surface area contributed by atoms with Crippen LogP contribution < -0.4 is 5.32 Å². The number of likely N-dealkylation sites (N-methyl/N-ethyl adjacent to an activating group) is 2. The Morgan fingerprint density at radius 2 is 2.00 bits per heavy atom. The first-order chi connectivity index (χ1) is 11.0. The highest BCUT2D eigenvalue weighted by molar-refractivity contribution is 5.85. The quantitative estimate of drug-likeness (QED) is 0.862. The zero-order chi connectivity index (χ0) is 17.0. The lowest BCUT2D eigenvalue weighted by Crippen LogP contribution is -2.39. The van der Waals surface area contributed by atoms with Crippen LogP contribution in [0.15, 0.2) is 30.6 Å². The van der Waals surface area contributed by atoms with Crippen LogP contribution in [0.2, 0.25) is 0 Å². The Morgan fingerprint density at radius 1 is 1.38 bits per heavy atom. The molecule has 1 heterocycles. The van der Waals surface area contributed by atoms with Gasteiger partial charge < -0.3 is 10.2 Å². The molecule has 0 aliphatic rings. The summed E-state index contributed by atoms with van der Waals surface area (Å²) in [6.07, 6.45) is 3.33. The van der Waals surface area contributed by atoms with Crippen molar-refractivity contribution in [2.75, 3.05) is 13.6 Å². The lowest BCUT2D eigenvalue weighted by molar-refractivity contribution is -0.134. The molecule has 0 bridgehead atoms. The monoisotopic (exact) mass is 358 g/mol. The van der Waals surface area contributed by atoms with Gasteiger partial charge in [0.2, 0.25) is 5.91 Å². The molecular formula is C16H21ClF2N4O. The summed E-state index contributed by atoms with van der Waals surface area (Å²) < 4.78 is 29.2. The number of halogens is 3. The number of amides is 1. The van der Waals surface area contributed by atoms with E-state index < -0.39 is 17.7 Å². The van der Waals surface area contributed by atoms with Gasteiger partial charge in [-0.2, -0.15) is 5.10 Å². The molecule has 1 atom stereocenters. The highest BCUT2D eigenvalue weighted by Crippen LogP contribution is 2.19. The molecule has 8 heteroatoms. The average molecular weight is 359 g/mol. The summed E-state index contributed by atoms with van der Waals surface area (Å²) in [5, 5.41) is 6.98. The Bertz CT molecular complexity index is 672. The number of benzene rings is 1. The van der Waals surface area contributed by atoms with Gasteiger partial charge in [0.15, 0.2) is 0 Å². The van der Waals surface area contributed by atoms with E-state index in [4.69, 9.17) is 0 Å². The van der Waals surface area contributed by atoms with Crippen LogP contribution >= 0.6 is 12.4 Å². The zero-order valence-corrected chi connectivity index (χ0v) is 14.6. The summed E-state index contributed by atoms with van der Waals surface area (Å²) in [4.78, 5) is 14.1. The van der Waals surface area contributed by atoms with E-state index in [0.717, 1.165) is 0 Å². The van der Waals surface area contributed by atoms with Crippen molar-refractivity contribution in [2.45, 2.75) is 19.5 Å². The molecule has 0 aliphatic heterocycles. The predicted octanol–water partition coefficient (Wildman–Crippen LogP) is 2.43. The van der Waals surface area contributed by atoms with Gasteiger partial charge in [0.1, 0.15) is 17.7 Å². The van der Waals surface area contributed by atoms with Crippen LogP contribution in [0.5, 0.6) is 0 Å². The first-order valence-electron chi connectivity index (χ1n) is 7.35. The van der Waals surface area contributed by atoms with Gasteiger partial charge in [0, 0.05) is 30.9 Å². The molecule has 1 unspecified atom stereocenters. The van der Waals surface area contributed by atoms with Crippen LogP contribution in [-0.4, -0.2) is 34.2 Å². The van der Waals surface area contributed by atoms with E-state index in [1.54, 1.807) is 38.1 Å². The molecule has 5 nitrogen and oxygen atoms in total. The molecule has 0 spiro atoms. The van der Waals surface area contributed by atoms with Crippen LogP contribution in [0.3, 0.4) is 0 Å². The minimum Gasteiger partial charge on any atom is -0.337 e. The number of carbonyl (C=O) groups is 1. The molecule has 0 saturated carbocycles. The largest absolute Gasteiger partial charge is 0.337 e. The minimum atomic E-state index is -0.654. The molecule has 1 aromatic carbocycles. The maximum Gasteiger partial charge on any atom is 0.244 e. The summed E-state index contributed by atoms with van der Waals surface area (Å²) >= 11 is 0. The van der Waals surface area contributed by atoms with Crippen molar-refractivity contribution in [2.24, 2.45) is 7.05 Å². The fourth-order valence-electron chi connectivity index (χ4n) is 2.42. The average Bonchev–Trinajstić information content (AvgIpc) is 2.94. The van der Waals surface area contributed by atoms with E-state index in [9.17, 15) is 13.6 Å². The Hall–Kier alpha value is -1.99. The zero-order valence-electron chi connectivity index (χ0n) is 13.8. The molecule has 0 radical (unpaired) electrons. The molecule has 132 valence electrons. The molecule has 0 aliphatic carbocycles. The van der Waals surface area contributed by atoms with Crippen molar-refractivity contribution in [1.82, 2.24) is 20.0 Å². The van der Waals surface area contributed by atoms with Crippen molar-refractivity contribution in [1.29, 1.82) is 0 Å². The molecule has 24 heavy (non-hydrogen) atoms. The minimum absolute atomic E-state index is 0. The molecule has 1 N–H and O–H groups in total. The van der Waals surface area contributed by atoms with Crippen LogP contribution in [0.1, 0.15) is 24.1 Å². The Labute approximate surface area is 146 Å². The van der Waals surface area contributed by atoms with Gasteiger partial charge in [-0.05, 0) is 26.1 Å². The SMILES string of the molecule is CCN(Cc1c(F)cccc1F)C(=O)C(NC)c1cnn(C)c1.Cl. The second kappa shape index (κ2) is 8.75. The predicted molar refractivity (Wildman–Crippen MR) is 89.7 cm³/mol. The summed E-state index contributed by atoms with van der Waals surface area (Å²) in [7, 11) is 3.42. The number of carbonyl (C=O) groups excluding carboxylic acids is 1. The lowest BCUT2D eigenvalue weighted by Gasteiger charge is -2.26. The third kappa shape index (κ3) is 4.30. The number of nitrogens with one attached hydrogen (secondary N) is 1. The Balaban J connectivity index is 0.00000288. The maximum absolute atomic E-state index is 13.8. The number of hydrogen-bond donors (Lipinski definition) is 1. The summed E-state index contributed by atoms with van der Waals surface area (Å²) in [6, 6.07) is 3.07. The van der Waals surface area contributed by atoms with Crippen LogP contribution in [0.4, 0.5) is 8.78 Å². The molecule has 2 aromatic rings. The summed E-state index contributed by atoms with van der Waals surface area (Å²) in [5.41, 5.74) is 0.594. The van der Waals surface area contributed by atoms with Crippen molar-refractivity contribution in [3.05, 3.63) is 53.4 Å². The third-order valence-corrected chi connectivity index (χ3v) is 3.70. The molecule has 2 rings (SSSR count). The Kier molecular flexibility index (Phi) is 7.31. The second-order valence-corrected chi connectivity index (χ2v) is 5.22. The van der Waals surface area contributed by atoms with Gasteiger partial charge in [-0.15, -0.1) is 12.4 Å². The van der Waals surface area contributed by atoms with E-state index in [1.165, 1.54) is 23.1 Å². The third-order valence-electron chi connectivity index (χ3n) is 3.70. The number of aromatic nitrogens is 2. The standard InChI is InChI=1S/C16H20F2N4O.ClH/c1-4-22(10-12-13(17)6-5-7-14(12)18)16(23)15(19-2)11-8-20-21(3)9-11;/h5-9,15,19H,4,10H2,1-3H3;1H. The normalized spacial score (nSPS) is 11.7. The number of rotatable bonds is 6. The lowest BCUT2D eigenvalue weighted by atomic mass is 10.1. The first kappa shape index (κ1) is 20.1. The smallest absolute Gasteiger partial charge is 0.244 e. The number of nitrogens with zero attached hydrogens (tertiary/aromatic N) is 3. The van der Waals surface area contributed by atoms with E-state index in [-0.39, 0.29) is 30.4 Å². The van der Waals surface area contributed by atoms with Gasteiger partial charge >= 0.3 is 0 Å². The van der Waals surface area contributed by atoms with Gasteiger partial charge in [0.05, 0.1) is 12.7 Å². The van der Waals surface area contributed by atoms with Gasteiger partial charge in [-0.1, -0.05) is 6.07 Å². The fourth-order valence-corrected chi connectivity index (χ4v) is 2.42. The summed E-state index contributed by atoms with van der Waals surface area (Å²) in [6.45, 7) is 1.99. The molecule has 1 aromatic heterocycles. The van der Waals surface area contributed by atoms with Crippen LogP contribution in [0.25, 0.3) is 0 Å². The van der Waals surface area contributed by atoms with Crippen molar-refractivity contribution >= 4 is 18.3 Å². The topological polar surface area (TPSA) is 50.2 Å². The van der Waals surface area contributed by atoms with Crippen LogP contribution in [-0.2, 0) is 18.4 Å². The van der Waals surface area contributed by atoms with Gasteiger partial charge in [-0.25, -0.2) is 8.78 Å². The number of aryl methyl sites for hydroxylation is 1. The molecule has 0 fully saturated rings. The van der Waals surface area contributed by atoms with Gasteiger partial charge in [-0.3, -0.25) is 9.48 Å². The highest BCUT2D eigenvalue weighted by atomic mass is 35.5. The van der Waals surface area contributed by atoms with Crippen LogP contribution in [0, 0.1) is 11.6 Å². The summed E-state index contributed by atoms with van der Waals surface area (Å²) in [5.74, 6) is -1.57. The first-order valence-corrected chi connectivity index (χ1v) is 7.35. The van der Waals surface area contributed by atoms with Crippen molar-refractivity contribution < 1.29 is 13.6 Å².